The number of para-hydroxylation sites is 1. The Labute approximate surface area is 189 Å². The molecule has 6 heteroatoms. The van der Waals surface area contributed by atoms with Gasteiger partial charge in [0.2, 0.25) is 5.91 Å². The van der Waals surface area contributed by atoms with E-state index in [-0.39, 0.29) is 11.6 Å². The molecule has 2 aromatic carbocycles. The second kappa shape index (κ2) is 10.8. The molecule has 3 rings (SSSR count). The highest BCUT2D eigenvalue weighted by Crippen LogP contribution is 2.21. The number of nitrogens with two attached hydrogens (primary N) is 1. The first-order valence-corrected chi connectivity index (χ1v) is 11.3. The Morgan fingerprint density at radius 2 is 1.81 bits per heavy atom. The van der Waals surface area contributed by atoms with Gasteiger partial charge in [0.25, 0.3) is 5.56 Å². The number of aromatic amines is 1. The summed E-state index contributed by atoms with van der Waals surface area (Å²) in [6, 6.07) is 15.5. The number of H-pyrrole nitrogens is 1. The zero-order valence-electron chi connectivity index (χ0n) is 19.1. The van der Waals surface area contributed by atoms with Crippen LogP contribution in [0.5, 0.6) is 0 Å². The number of rotatable bonds is 10. The first-order chi connectivity index (χ1) is 15.5. The number of hydrogen-bond acceptors (Lipinski definition) is 3. The highest BCUT2D eigenvalue weighted by Gasteiger charge is 2.17. The van der Waals surface area contributed by atoms with Crippen molar-refractivity contribution in [3.63, 3.8) is 0 Å². The fourth-order valence-corrected chi connectivity index (χ4v) is 4.08. The summed E-state index contributed by atoms with van der Waals surface area (Å²) in [5.41, 5.74) is 10.4. The molecule has 0 aliphatic carbocycles. The van der Waals surface area contributed by atoms with Gasteiger partial charge in [-0.25, -0.2) is 4.68 Å². The molecule has 1 unspecified atom stereocenters. The Hall–Kier alpha value is -3.41. The maximum Gasteiger partial charge on any atom is 0.275 e. The van der Waals surface area contributed by atoms with E-state index in [1.807, 2.05) is 43.3 Å². The van der Waals surface area contributed by atoms with Crippen LogP contribution in [0, 0.1) is 6.92 Å². The summed E-state index contributed by atoms with van der Waals surface area (Å²) in [7, 11) is 0. The van der Waals surface area contributed by atoms with E-state index >= 15 is 0 Å². The van der Waals surface area contributed by atoms with Gasteiger partial charge >= 0.3 is 0 Å². The van der Waals surface area contributed by atoms with E-state index < -0.39 is 5.91 Å². The Morgan fingerprint density at radius 1 is 1.12 bits per heavy atom. The zero-order chi connectivity index (χ0) is 23.1. The van der Waals surface area contributed by atoms with Gasteiger partial charge in [-0.3, -0.25) is 19.7 Å². The molecule has 1 amide bonds. The molecule has 6 nitrogen and oxygen atoms in total. The maximum atomic E-state index is 13.1. The maximum absolute atomic E-state index is 13.1. The van der Waals surface area contributed by atoms with Crippen molar-refractivity contribution >= 4 is 17.8 Å². The third-order valence-electron chi connectivity index (χ3n) is 5.95. The van der Waals surface area contributed by atoms with Gasteiger partial charge in [-0.2, -0.15) is 0 Å². The molecular formula is C26H32N4O2. The van der Waals surface area contributed by atoms with Crippen LogP contribution in [-0.2, 0) is 12.8 Å². The molecule has 0 bridgehead atoms. The molecule has 0 saturated heterocycles. The normalized spacial score (nSPS) is 12.3. The van der Waals surface area contributed by atoms with Crippen molar-refractivity contribution in [2.24, 2.45) is 10.7 Å². The summed E-state index contributed by atoms with van der Waals surface area (Å²) < 4.78 is 1.72. The fourth-order valence-electron chi connectivity index (χ4n) is 4.08. The second-order valence-corrected chi connectivity index (χ2v) is 8.04. The summed E-state index contributed by atoms with van der Waals surface area (Å²) >= 11 is 0. The van der Waals surface area contributed by atoms with Gasteiger partial charge in [-0.05, 0) is 62.3 Å². The monoisotopic (exact) mass is 432 g/mol. The van der Waals surface area contributed by atoms with E-state index in [1.54, 1.807) is 17.0 Å². The third kappa shape index (κ3) is 5.25. The second-order valence-electron chi connectivity index (χ2n) is 8.04. The molecule has 0 radical (unpaired) electrons. The summed E-state index contributed by atoms with van der Waals surface area (Å²) in [6.45, 7) is 6.08. The van der Waals surface area contributed by atoms with Crippen molar-refractivity contribution in [1.29, 1.82) is 0 Å². The first kappa shape index (κ1) is 23.3. The molecule has 1 atom stereocenters. The average Bonchev–Trinajstić information content (AvgIpc) is 3.08. The minimum absolute atomic E-state index is 0.0482. The van der Waals surface area contributed by atoms with Gasteiger partial charge in [0, 0.05) is 17.5 Å². The molecule has 1 heterocycles. The number of benzene rings is 2. The highest BCUT2D eigenvalue weighted by molar-refractivity contribution is 5.94. The summed E-state index contributed by atoms with van der Waals surface area (Å²) in [4.78, 5) is 29.4. The summed E-state index contributed by atoms with van der Waals surface area (Å²) in [5, 5.41) is 3.25. The van der Waals surface area contributed by atoms with Crippen LogP contribution in [0.25, 0.3) is 0 Å². The number of nitrogens with one attached hydrogen (secondary N) is 1. The number of hydrogen-bond donors (Lipinski definition) is 2. The van der Waals surface area contributed by atoms with Crippen LogP contribution in [0.1, 0.15) is 71.9 Å². The van der Waals surface area contributed by atoms with Crippen LogP contribution >= 0.6 is 0 Å². The molecule has 0 aliphatic rings. The van der Waals surface area contributed by atoms with Crippen molar-refractivity contribution in [1.82, 2.24) is 9.78 Å². The van der Waals surface area contributed by atoms with Gasteiger partial charge in [0.15, 0.2) is 0 Å². The van der Waals surface area contributed by atoms with Gasteiger partial charge in [0.1, 0.15) is 0 Å². The van der Waals surface area contributed by atoms with Crippen LogP contribution in [0.15, 0.2) is 58.3 Å². The number of carbonyl (C=O) groups excluding carboxylic acids is 1. The SMILES string of the molecule is CCc1ccccc1N=Cc1c(C)[nH]n(C(CC)CCCc2ccccc2C(N)=O)c1=O. The zero-order valence-corrected chi connectivity index (χ0v) is 19.1. The molecule has 168 valence electrons. The van der Waals surface area contributed by atoms with E-state index in [2.05, 4.69) is 30.0 Å². The van der Waals surface area contributed by atoms with E-state index in [0.29, 0.717) is 11.1 Å². The predicted octanol–water partition coefficient (Wildman–Crippen LogP) is 4.87. The number of amides is 1. The predicted molar refractivity (Wildman–Crippen MR) is 130 cm³/mol. The Balaban J connectivity index is 1.75. The van der Waals surface area contributed by atoms with Crippen LogP contribution in [0.3, 0.4) is 0 Å². The number of aromatic nitrogens is 2. The fraction of sp³-hybridized carbons (Fsp3) is 0.346. The minimum Gasteiger partial charge on any atom is -0.366 e. The van der Waals surface area contributed by atoms with Crippen LogP contribution in [-0.4, -0.2) is 21.9 Å². The number of nitrogens with zero attached hydrogens (tertiary/aromatic N) is 2. The standard InChI is InChI=1S/C26H32N4O2/c1-4-19-11-7-9-16-24(19)28-17-23-18(3)29-30(26(23)32)21(5-2)14-10-13-20-12-6-8-15-22(20)25(27)31/h6-9,11-12,15-17,21,29H,4-5,10,13-14H2,1-3H3,(H2,27,31). The molecule has 3 N–H and O–H groups in total. The van der Waals surface area contributed by atoms with E-state index in [1.165, 1.54) is 0 Å². The van der Waals surface area contributed by atoms with Crippen molar-refractivity contribution in [3.05, 3.63) is 86.8 Å². The van der Waals surface area contributed by atoms with E-state index in [0.717, 1.165) is 54.6 Å². The Morgan fingerprint density at radius 3 is 2.50 bits per heavy atom. The minimum atomic E-state index is -0.405. The lowest BCUT2D eigenvalue weighted by molar-refractivity contribution is 0.0999. The molecule has 0 aliphatic heterocycles. The highest BCUT2D eigenvalue weighted by atomic mass is 16.1. The van der Waals surface area contributed by atoms with Crippen molar-refractivity contribution in [3.8, 4) is 0 Å². The number of primary amides is 1. The van der Waals surface area contributed by atoms with Gasteiger partial charge < -0.3 is 5.73 Å². The third-order valence-corrected chi connectivity index (χ3v) is 5.95. The molecular weight excluding hydrogens is 400 g/mol. The molecule has 0 fully saturated rings. The Bertz CT molecular complexity index is 1160. The van der Waals surface area contributed by atoms with Crippen LogP contribution in [0.2, 0.25) is 0 Å². The van der Waals surface area contributed by atoms with Crippen molar-refractivity contribution in [2.75, 3.05) is 0 Å². The first-order valence-electron chi connectivity index (χ1n) is 11.3. The number of aliphatic imine (C=N–C) groups is 1. The van der Waals surface area contributed by atoms with Crippen molar-refractivity contribution < 1.29 is 4.79 Å². The molecule has 0 spiro atoms. The van der Waals surface area contributed by atoms with Gasteiger partial charge in [-0.1, -0.05) is 50.2 Å². The molecule has 3 aromatic rings. The summed E-state index contributed by atoms with van der Waals surface area (Å²) in [5.74, 6) is -0.405. The van der Waals surface area contributed by atoms with Crippen LogP contribution < -0.4 is 11.3 Å². The average molecular weight is 433 g/mol. The van der Waals surface area contributed by atoms with Gasteiger partial charge in [0.05, 0.1) is 17.3 Å². The lowest BCUT2D eigenvalue weighted by atomic mass is 9.99. The number of carbonyl (C=O) groups is 1. The number of aryl methyl sites for hydroxylation is 3. The lowest BCUT2D eigenvalue weighted by Gasteiger charge is -2.16. The Kier molecular flexibility index (Phi) is 7.82. The van der Waals surface area contributed by atoms with E-state index in [9.17, 15) is 9.59 Å². The topological polar surface area (TPSA) is 93.2 Å². The quantitative estimate of drug-likeness (QED) is 0.447. The smallest absolute Gasteiger partial charge is 0.275 e. The summed E-state index contributed by atoms with van der Waals surface area (Å²) in [6.07, 6.45) is 5.80. The molecule has 32 heavy (non-hydrogen) atoms. The molecule has 0 saturated carbocycles. The van der Waals surface area contributed by atoms with Crippen molar-refractivity contribution in [2.45, 2.75) is 58.9 Å². The lowest BCUT2D eigenvalue weighted by Crippen LogP contribution is -2.24. The van der Waals surface area contributed by atoms with Crippen LogP contribution in [0.4, 0.5) is 5.69 Å². The van der Waals surface area contributed by atoms with Gasteiger partial charge in [-0.15, -0.1) is 0 Å². The molecule has 1 aromatic heterocycles. The van der Waals surface area contributed by atoms with E-state index in [4.69, 9.17) is 5.73 Å². The largest absolute Gasteiger partial charge is 0.366 e.